The number of unbranched alkanes of at least 4 members (excludes halogenated alkanes) is 1. The minimum atomic E-state index is -0.348. The molecule has 0 unspecified atom stereocenters. The SMILES string of the molecule is CCCCN(Cc1ccc(C(=O)Nc2ccccc2N)nc1)C(=O)Nc1ccc(OC)cc1. The van der Waals surface area contributed by atoms with E-state index in [9.17, 15) is 9.59 Å². The second-order valence-corrected chi connectivity index (χ2v) is 7.53. The maximum Gasteiger partial charge on any atom is 0.322 e. The van der Waals surface area contributed by atoms with E-state index in [0.29, 0.717) is 30.2 Å². The van der Waals surface area contributed by atoms with Crippen LogP contribution in [0.5, 0.6) is 5.75 Å². The molecule has 33 heavy (non-hydrogen) atoms. The number of pyridine rings is 1. The number of nitrogen functional groups attached to an aromatic ring is 1. The first-order valence-corrected chi connectivity index (χ1v) is 10.8. The number of ether oxygens (including phenoxy) is 1. The van der Waals surface area contributed by atoms with Gasteiger partial charge in [-0.05, 0) is 54.4 Å². The van der Waals surface area contributed by atoms with Gasteiger partial charge in [-0.2, -0.15) is 0 Å². The van der Waals surface area contributed by atoms with Gasteiger partial charge in [0.1, 0.15) is 11.4 Å². The lowest BCUT2D eigenvalue weighted by atomic mass is 10.2. The maximum atomic E-state index is 12.9. The molecule has 0 aliphatic heterocycles. The van der Waals surface area contributed by atoms with Gasteiger partial charge >= 0.3 is 6.03 Å². The molecule has 0 atom stereocenters. The zero-order chi connectivity index (χ0) is 23.6. The van der Waals surface area contributed by atoms with Gasteiger partial charge in [-0.15, -0.1) is 0 Å². The molecule has 0 radical (unpaired) electrons. The summed E-state index contributed by atoms with van der Waals surface area (Å²) in [7, 11) is 1.60. The van der Waals surface area contributed by atoms with Crippen molar-refractivity contribution in [2.45, 2.75) is 26.3 Å². The highest BCUT2D eigenvalue weighted by atomic mass is 16.5. The summed E-state index contributed by atoms with van der Waals surface area (Å²) in [6.07, 6.45) is 3.46. The molecule has 3 rings (SSSR count). The first kappa shape index (κ1) is 23.6. The average Bonchev–Trinajstić information content (AvgIpc) is 2.84. The quantitative estimate of drug-likeness (QED) is 0.410. The zero-order valence-electron chi connectivity index (χ0n) is 18.9. The number of aromatic nitrogens is 1. The molecule has 8 heteroatoms. The van der Waals surface area contributed by atoms with E-state index < -0.39 is 0 Å². The minimum Gasteiger partial charge on any atom is -0.497 e. The Balaban J connectivity index is 1.65. The minimum absolute atomic E-state index is 0.199. The van der Waals surface area contributed by atoms with Crippen molar-refractivity contribution in [3.05, 3.63) is 78.1 Å². The monoisotopic (exact) mass is 447 g/mol. The lowest BCUT2D eigenvalue weighted by molar-refractivity contribution is 0.102. The number of hydrogen-bond donors (Lipinski definition) is 3. The van der Waals surface area contributed by atoms with Crippen LogP contribution >= 0.6 is 0 Å². The Labute approximate surface area is 193 Å². The highest BCUT2D eigenvalue weighted by Gasteiger charge is 2.15. The molecule has 4 N–H and O–H groups in total. The van der Waals surface area contributed by atoms with Gasteiger partial charge in [0.15, 0.2) is 0 Å². The van der Waals surface area contributed by atoms with Crippen molar-refractivity contribution >= 4 is 29.0 Å². The number of benzene rings is 2. The van der Waals surface area contributed by atoms with Gasteiger partial charge in [-0.1, -0.05) is 31.5 Å². The number of para-hydroxylation sites is 2. The van der Waals surface area contributed by atoms with Crippen molar-refractivity contribution in [1.82, 2.24) is 9.88 Å². The Morgan fingerprint density at radius 2 is 1.79 bits per heavy atom. The molecule has 172 valence electrons. The fourth-order valence-corrected chi connectivity index (χ4v) is 3.15. The molecule has 2 aromatic carbocycles. The van der Waals surface area contributed by atoms with Crippen molar-refractivity contribution in [2.75, 3.05) is 30.0 Å². The van der Waals surface area contributed by atoms with Gasteiger partial charge in [0.2, 0.25) is 0 Å². The first-order valence-electron chi connectivity index (χ1n) is 10.8. The van der Waals surface area contributed by atoms with Crippen molar-refractivity contribution in [3.8, 4) is 5.75 Å². The Kier molecular flexibility index (Phi) is 8.24. The first-order chi connectivity index (χ1) is 16.0. The summed E-state index contributed by atoms with van der Waals surface area (Å²) in [5, 5.41) is 5.68. The second-order valence-electron chi connectivity index (χ2n) is 7.53. The summed E-state index contributed by atoms with van der Waals surface area (Å²) in [6.45, 7) is 3.06. The van der Waals surface area contributed by atoms with E-state index in [1.54, 1.807) is 78.9 Å². The summed E-state index contributed by atoms with van der Waals surface area (Å²) in [5.74, 6) is 0.375. The van der Waals surface area contributed by atoms with Gasteiger partial charge in [0.25, 0.3) is 5.91 Å². The number of nitrogens with one attached hydrogen (secondary N) is 2. The van der Waals surface area contributed by atoms with Gasteiger partial charge in [-0.3, -0.25) is 9.78 Å². The number of nitrogens with two attached hydrogens (primary N) is 1. The van der Waals surface area contributed by atoms with Gasteiger partial charge in [0.05, 0.1) is 18.5 Å². The molecule has 0 spiro atoms. The number of urea groups is 1. The third kappa shape index (κ3) is 6.70. The molecular weight excluding hydrogens is 418 g/mol. The number of methoxy groups -OCH3 is 1. The third-order valence-corrected chi connectivity index (χ3v) is 5.05. The van der Waals surface area contributed by atoms with Gasteiger partial charge in [-0.25, -0.2) is 4.79 Å². The fraction of sp³-hybridized carbons (Fsp3) is 0.240. The molecule has 8 nitrogen and oxygen atoms in total. The molecule has 0 saturated carbocycles. The Morgan fingerprint density at radius 3 is 2.42 bits per heavy atom. The van der Waals surface area contributed by atoms with E-state index in [2.05, 4.69) is 22.5 Å². The molecule has 3 aromatic rings. The predicted molar refractivity (Wildman–Crippen MR) is 130 cm³/mol. The highest BCUT2D eigenvalue weighted by molar-refractivity contribution is 6.04. The topological polar surface area (TPSA) is 110 Å². The molecule has 0 aliphatic rings. The largest absolute Gasteiger partial charge is 0.497 e. The Hall–Kier alpha value is -4.07. The number of rotatable bonds is 9. The van der Waals surface area contributed by atoms with Crippen LogP contribution in [0, 0.1) is 0 Å². The number of nitrogens with zero attached hydrogens (tertiary/aromatic N) is 2. The molecular formula is C25H29N5O3. The van der Waals surface area contributed by atoms with Crippen LogP contribution < -0.4 is 21.1 Å². The van der Waals surface area contributed by atoms with Gasteiger partial charge < -0.3 is 26.0 Å². The standard InChI is InChI=1S/C25H29N5O3/c1-3-4-15-30(25(32)28-19-10-12-20(33-2)13-11-19)17-18-9-14-23(27-16-18)24(31)29-22-8-6-5-7-21(22)26/h5-14,16H,3-4,15,17,26H2,1-2H3,(H,28,32)(H,29,31). The number of carbonyl (C=O) groups excluding carboxylic acids is 2. The van der Waals surface area contributed by atoms with E-state index in [1.807, 2.05) is 0 Å². The maximum absolute atomic E-state index is 12.9. The number of carbonyl (C=O) groups is 2. The van der Waals surface area contributed by atoms with E-state index in [-0.39, 0.29) is 17.6 Å². The lowest BCUT2D eigenvalue weighted by Crippen LogP contribution is -2.35. The predicted octanol–water partition coefficient (Wildman–Crippen LogP) is 4.76. The molecule has 1 aromatic heterocycles. The molecule has 0 fully saturated rings. The van der Waals surface area contributed by atoms with Crippen molar-refractivity contribution in [3.63, 3.8) is 0 Å². The van der Waals surface area contributed by atoms with E-state index >= 15 is 0 Å². The van der Waals surface area contributed by atoms with Crippen LogP contribution in [0.2, 0.25) is 0 Å². The van der Waals surface area contributed by atoms with Gasteiger partial charge in [0, 0.05) is 25.0 Å². The van der Waals surface area contributed by atoms with Crippen LogP contribution in [0.4, 0.5) is 21.9 Å². The Bertz CT molecular complexity index is 1070. The van der Waals surface area contributed by atoms with E-state index in [0.717, 1.165) is 24.2 Å². The summed E-state index contributed by atoms with van der Waals surface area (Å²) in [5.41, 5.74) is 8.68. The second kappa shape index (κ2) is 11.5. The molecule has 0 saturated heterocycles. The smallest absolute Gasteiger partial charge is 0.322 e. The van der Waals surface area contributed by atoms with Crippen LogP contribution in [0.25, 0.3) is 0 Å². The van der Waals surface area contributed by atoms with E-state index in [4.69, 9.17) is 10.5 Å². The molecule has 1 heterocycles. The summed E-state index contributed by atoms with van der Waals surface area (Å²) >= 11 is 0. The average molecular weight is 448 g/mol. The van der Waals surface area contributed by atoms with Crippen LogP contribution in [0.1, 0.15) is 35.8 Å². The third-order valence-electron chi connectivity index (χ3n) is 5.05. The van der Waals surface area contributed by atoms with Crippen LogP contribution in [0.15, 0.2) is 66.9 Å². The number of amides is 3. The fourth-order valence-electron chi connectivity index (χ4n) is 3.15. The zero-order valence-corrected chi connectivity index (χ0v) is 18.9. The number of anilines is 3. The highest BCUT2D eigenvalue weighted by Crippen LogP contribution is 2.18. The molecule has 0 aliphatic carbocycles. The van der Waals surface area contributed by atoms with Crippen molar-refractivity contribution in [2.24, 2.45) is 0 Å². The number of hydrogen-bond acceptors (Lipinski definition) is 5. The Morgan fingerprint density at radius 1 is 1.03 bits per heavy atom. The van der Waals surface area contributed by atoms with Crippen molar-refractivity contribution in [1.29, 1.82) is 0 Å². The van der Waals surface area contributed by atoms with Crippen LogP contribution in [0.3, 0.4) is 0 Å². The van der Waals surface area contributed by atoms with Crippen LogP contribution in [-0.4, -0.2) is 35.5 Å². The molecule has 0 bridgehead atoms. The lowest BCUT2D eigenvalue weighted by Gasteiger charge is -2.23. The summed E-state index contributed by atoms with van der Waals surface area (Å²) < 4.78 is 5.15. The van der Waals surface area contributed by atoms with Crippen LogP contribution in [-0.2, 0) is 6.54 Å². The summed E-state index contributed by atoms with van der Waals surface area (Å²) in [4.78, 5) is 31.4. The molecule has 3 amide bonds. The normalized spacial score (nSPS) is 10.4. The van der Waals surface area contributed by atoms with E-state index in [1.165, 1.54) is 0 Å². The van der Waals surface area contributed by atoms with Crippen molar-refractivity contribution < 1.29 is 14.3 Å². The summed E-state index contributed by atoms with van der Waals surface area (Å²) in [6, 6.07) is 17.5.